The predicted molar refractivity (Wildman–Crippen MR) is 112 cm³/mol. The molecule has 3 aromatic rings. The normalized spacial score (nSPS) is 18.8. The molecule has 0 radical (unpaired) electrons. The molecular formula is C21H22FN3O2S. The molecule has 1 aromatic heterocycles. The fourth-order valence-electron chi connectivity index (χ4n) is 4.13. The number of H-pyrrole nitrogens is 1. The summed E-state index contributed by atoms with van der Waals surface area (Å²) in [7, 11) is 1.44. The maximum absolute atomic E-state index is 14.1. The van der Waals surface area contributed by atoms with E-state index in [2.05, 4.69) is 29.8 Å². The Hall–Kier alpha value is -2.67. The monoisotopic (exact) mass is 399 g/mol. The lowest BCUT2D eigenvalue weighted by Crippen LogP contribution is -2.41. The molecule has 2 atom stereocenters. The molecule has 0 bridgehead atoms. The van der Waals surface area contributed by atoms with Crippen LogP contribution in [0.1, 0.15) is 31.7 Å². The standard InChI is InChI=1S/C21H22FN3O2S/c1-4-25-13(11-28-26)8-12(2)14-6-5-7-15(20(14)25)21-23-17-9-16(22)19(27-3)10-18(17)24-21/h5-7,9-13H,4,8H2,1-3H3,(H,23,24). The number of imidazole rings is 1. The average molecular weight is 399 g/mol. The van der Waals surface area contributed by atoms with Crippen molar-refractivity contribution in [2.24, 2.45) is 0 Å². The van der Waals surface area contributed by atoms with Crippen molar-refractivity contribution >= 4 is 33.3 Å². The zero-order valence-corrected chi connectivity index (χ0v) is 16.8. The number of hydrogen-bond acceptors (Lipinski definition) is 4. The first kappa shape index (κ1) is 18.7. The molecule has 0 saturated carbocycles. The van der Waals surface area contributed by atoms with Crippen molar-refractivity contribution in [1.82, 2.24) is 9.97 Å². The molecule has 2 heterocycles. The van der Waals surface area contributed by atoms with Crippen LogP contribution >= 0.6 is 0 Å². The molecule has 5 nitrogen and oxygen atoms in total. The van der Waals surface area contributed by atoms with E-state index in [1.54, 1.807) is 11.4 Å². The van der Waals surface area contributed by atoms with Crippen molar-refractivity contribution in [3.05, 3.63) is 41.7 Å². The van der Waals surface area contributed by atoms with Crippen molar-refractivity contribution in [3.63, 3.8) is 0 Å². The first-order valence-corrected chi connectivity index (χ1v) is 10.1. The number of fused-ring (bicyclic) bond motifs is 2. The van der Waals surface area contributed by atoms with Crippen LogP contribution in [-0.2, 0) is 11.3 Å². The molecule has 2 unspecified atom stereocenters. The van der Waals surface area contributed by atoms with Crippen LogP contribution in [0.15, 0.2) is 30.3 Å². The Balaban J connectivity index is 1.91. The third-order valence-corrected chi connectivity index (χ3v) is 5.87. The molecule has 1 N–H and O–H groups in total. The minimum Gasteiger partial charge on any atom is -0.494 e. The van der Waals surface area contributed by atoms with Gasteiger partial charge in [0.1, 0.15) is 5.82 Å². The van der Waals surface area contributed by atoms with Gasteiger partial charge in [-0.05, 0) is 30.9 Å². The van der Waals surface area contributed by atoms with Gasteiger partial charge >= 0.3 is 0 Å². The van der Waals surface area contributed by atoms with E-state index in [0.29, 0.717) is 34.0 Å². The lowest BCUT2D eigenvalue weighted by molar-refractivity contribution is 0.387. The van der Waals surface area contributed by atoms with Gasteiger partial charge in [0.25, 0.3) is 0 Å². The van der Waals surface area contributed by atoms with E-state index >= 15 is 0 Å². The topological polar surface area (TPSA) is 58.2 Å². The first-order valence-electron chi connectivity index (χ1n) is 9.32. The highest BCUT2D eigenvalue weighted by molar-refractivity contribution is 7.65. The Morgan fingerprint density at radius 2 is 2.25 bits per heavy atom. The van der Waals surface area contributed by atoms with Gasteiger partial charge < -0.3 is 14.6 Å². The lowest BCUT2D eigenvalue weighted by atomic mass is 9.85. The summed E-state index contributed by atoms with van der Waals surface area (Å²) >= 11 is 0.519. The Morgan fingerprint density at radius 1 is 1.43 bits per heavy atom. The molecule has 1 aliphatic rings. The molecule has 146 valence electrons. The zero-order chi connectivity index (χ0) is 19.8. The van der Waals surface area contributed by atoms with Crippen LogP contribution in [0, 0.1) is 5.82 Å². The number of rotatable bonds is 4. The highest BCUT2D eigenvalue weighted by Gasteiger charge is 2.31. The Morgan fingerprint density at radius 3 is 2.96 bits per heavy atom. The van der Waals surface area contributed by atoms with Crippen LogP contribution in [0.3, 0.4) is 0 Å². The molecule has 4 rings (SSSR count). The Bertz CT molecular complexity index is 1090. The average Bonchev–Trinajstić information content (AvgIpc) is 3.10. The molecule has 0 saturated heterocycles. The smallest absolute Gasteiger partial charge is 0.167 e. The number of hydrogen-bond donors (Lipinski definition) is 1. The first-order chi connectivity index (χ1) is 13.6. The summed E-state index contributed by atoms with van der Waals surface area (Å²) in [6, 6.07) is 9.26. The number of para-hydroxylation sites is 1. The summed E-state index contributed by atoms with van der Waals surface area (Å²) in [6.07, 6.45) is 0.905. The van der Waals surface area contributed by atoms with Crippen LogP contribution in [0.4, 0.5) is 10.1 Å². The third-order valence-electron chi connectivity index (χ3n) is 5.44. The molecule has 0 aliphatic carbocycles. The van der Waals surface area contributed by atoms with Crippen molar-refractivity contribution < 1.29 is 13.3 Å². The third kappa shape index (κ3) is 2.99. The minimum absolute atomic E-state index is 0.0677. The van der Waals surface area contributed by atoms with Gasteiger partial charge in [0, 0.05) is 29.6 Å². The summed E-state index contributed by atoms with van der Waals surface area (Å²) in [5, 5.41) is 1.76. The van der Waals surface area contributed by atoms with Gasteiger partial charge in [-0.1, -0.05) is 19.1 Å². The largest absolute Gasteiger partial charge is 0.494 e. The van der Waals surface area contributed by atoms with Gasteiger partial charge in [-0.3, -0.25) is 0 Å². The number of halogens is 1. The second-order valence-corrected chi connectivity index (χ2v) is 7.52. The number of anilines is 1. The van der Waals surface area contributed by atoms with Gasteiger partial charge in [0.15, 0.2) is 11.6 Å². The fourth-order valence-corrected chi connectivity index (χ4v) is 4.52. The van der Waals surface area contributed by atoms with E-state index < -0.39 is 5.82 Å². The second kappa shape index (κ2) is 7.39. The number of nitrogens with zero attached hydrogens (tertiary/aromatic N) is 2. The van der Waals surface area contributed by atoms with E-state index in [1.807, 2.05) is 12.1 Å². The second-order valence-electron chi connectivity index (χ2n) is 7.06. The van der Waals surface area contributed by atoms with Crippen LogP contribution in [-0.4, -0.2) is 39.2 Å². The summed E-state index contributed by atoms with van der Waals surface area (Å²) < 4.78 is 30.4. The maximum Gasteiger partial charge on any atom is 0.167 e. The van der Waals surface area contributed by atoms with Crippen molar-refractivity contribution in [3.8, 4) is 17.1 Å². The quantitative estimate of drug-likeness (QED) is 0.671. The van der Waals surface area contributed by atoms with Gasteiger partial charge in [-0.15, -0.1) is 0 Å². The molecule has 0 spiro atoms. The van der Waals surface area contributed by atoms with Gasteiger partial charge in [-0.25, -0.2) is 13.6 Å². The van der Waals surface area contributed by atoms with Gasteiger partial charge in [0.2, 0.25) is 0 Å². The molecule has 7 heteroatoms. The molecule has 0 fully saturated rings. The highest BCUT2D eigenvalue weighted by Crippen LogP contribution is 2.43. The van der Waals surface area contributed by atoms with E-state index in [4.69, 9.17) is 9.72 Å². The van der Waals surface area contributed by atoms with Crippen LogP contribution < -0.4 is 9.64 Å². The Kier molecular flexibility index (Phi) is 4.93. The SMILES string of the molecule is CCN1c2c(-c3nc4cc(OC)c(F)cc4[nH]3)cccc2C(C)CC1C=S=O. The van der Waals surface area contributed by atoms with E-state index in [0.717, 1.165) is 24.2 Å². The molecule has 2 aromatic carbocycles. The van der Waals surface area contributed by atoms with Gasteiger partial charge in [0.05, 0.1) is 41.1 Å². The summed E-state index contributed by atoms with van der Waals surface area (Å²) in [4.78, 5) is 10.2. The summed E-state index contributed by atoms with van der Waals surface area (Å²) in [6.45, 7) is 5.05. The zero-order valence-electron chi connectivity index (χ0n) is 16.0. The number of benzene rings is 2. The van der Waals surface area contributed by atoms with Crippen molar-refractivity contribution in [2.45, 2.75) is 32.2 Å². The van der Waals surface area contributed by atoms with Crippen molar-refractivity contribution in [2.75, 3.05) is 18.6 Å². The van der Waals surface area contributed by atoms with Crippen LogP contribution in [0.2, 0.25) is 0 Å². The van der Waals surface area contributed by atoms with Crippen LogP contribution in [0.25, 0.3) is 22.4 Å². The van der Waals surface area contributed by atoms with Crippen LogP contribution in [0.5, 0.6) is 5.75 Å². The number of aromatic nitrogens is 2. The number of aromatic amines is 1. The number of nitrogens with one attached hydrogen (secondary N) is 1. The maximum atomic E-state index is 14.1. The minimum atomic E-state index is -0.425. The molecular weight excluding hydrogens is 377 g/mol. The summed E-state index contributed by atoms with van der Waals surface area (Å²) in [5.74, 6) is 0.756. The van der Waals surface area contributed by atoms with E-state index in [9.17, 15) is 8.60 Å². The lowest BCUT2D eigenvalue weighted by Gasteiger charge is -2.40. The molecule has 0 amide bonds. The van der Waals surface area contributed by atoms with Gasteiger partial charge in [-0.2, -0.15) is 0 Å². The molecule has 28 heavy (non-hydrogen) atoms. The van der Waals surface area contributed by atoms with E-state index in [-0.39, 0.29) is 11.8 Å². The Labute approximate surface area is 166 Å². The summed E-state index contributed by atoms with van der Waals surface area (Å²) in [5.41, 5.74) is 4.55. The fraction of sp³-hybridized carbons (Fsp3) is 0.333. The van der Waals surface area contributed by atoms with Crippen molar-refractivity contribution in [1.29, 1.82) is 0 Å². The highest BCUT2D eigenvalue weighted by atomic mass is 32.1. The number of ether oxygens (including phenoxy) is 1. The number of methoxy groups -OCH3 is 1. The predicted octanol–water partition coefficient (Wildman–Crippen LogP) is 4.09. The molecule has 1 aliphatic heterocycles. The van der Waals surface area contributed by atoms with E-state index in [1.165, 1.54) is 18.7 Å².